The predicted octanol–water partition coefficient (Wildman–Crippen LogP) is 4.14. The fraction of sp³-hybridized carbons (Fsp3) is 0.444. The van der Waals surface area contributed by atoms with Crippen LogP contribution in [0, 0.1) is 6.92 Å². The first-order chi connectivity index (χ1) is 12.5. The molecule has 0 radical (unpaired) electrons. The first kappa shape index (κ1) is 23.8. The van der Waals surface area contributed by atoms with Crippen LogP contribution in [-0.4, -0.2) is 43.4 Å². The number of rotatable bonds is 8. The molecule has 2 aromatic heterocycles. The highest BCUT2D eigenvalue weighted by atomic mass is 127. The summed E-state index contributed by atoms with van der Waals surface area (Å²) in [7, 11) is 2.00. The van der Waals surface area contributed by atoms with E-state index in [4.69, 9.17) is 16.0 Å². The van der Waals surface area contributed by atoms with Gasteiger partial charge in [-0.15, -0.1) is 35.3 Å². The number of hydrogen-bond donors (Lipinski definition) is 2. The standard InChI is InChI=1S/C18H25ClN4O2S.HI/c1-4-20-18(23(3)12-14-6-7-15(19)26-14)22-10-5-9-21-17(24)16-13(2)8-11-25-16;/h6-8,11H,4-5,9-10,12H2,1-3H3,(H,20,22)(H,21,24);1H. The molecule has 0 saturated carbocycles. The van der Waals surface area contributed by atoms with Gasteiger partial charge < -0.3 is 20.0 Å². The first-order valence-corrected chi connectivity index (χ1v) is 9.76. The lowest BCUT2D eigenvalue weighted by Gasteiger charge is -2.21. The zero-order valence-corrected chi connectivity index (χ0v) is 19.7. The number of furan rings is 1. The maximum atomic E-state index is 12.0. The normalized spacial score (nSPS) is 11.0. The summed E-state index contributed by atoms with van der Waals surface area (Å²) in [5.74, 6) is 1.02. The summed E-state index contributed by atoms with van der Waals surface area (Å²) in [6, 6.07) is 5.71. The number of nitrogens with one attached hydrogen (secondary N) is 2. The Morgan fingerprint density at radius 2 is 2.11 bits per heavy atom. The third-order valence-electron chi connectivity index (χ3n) is 3.67. The highest BCUT2D eigenvalue weighted by Crippen LogP contribution is 2.22. The maximum absolute atomic E-state index is 12.0. The van der Waals surface area contributed by atoms with Crippen LogP contribution in [0.2, 0.25) is 4.34 Å². The highest BCUT2D eigenvalue weighted by Gasteiger charge is 2.11. The minimum absolute atomic E-state index is 0. The zero-order valence-electron chi connectivity index (χ0n) is 15.8. The van der Waals surface area contributed by atoms with Gasteiger partial charge in [-0.2, -0.15) is 0 Å². The van der Waals surface area contributed by atoms with Crippen molar-refractivity contribution in [3.05, 3.63) is 45.0 Å². The molecular formula is C18H26ClIN4O2S. The zero-order chi connectivity index (χ0) is 18.9. The number of aliphatic imine (C=N–C) groups is 1. The van der Waals surface area contributed by atoms with Crippen molar-refractivity contribution in [2.45, 2.75) is 26.8 Å². The molecule has 2 heterocycles. The molecule has 0 bridgehead atoms. The molecule has 0 aliphatic carbocycles. The van der Waals surface area contributed by atoms with Crippen LogP contribution in [0.15, 0.2) is 33.9 Å². The predicted molar refractivity (Wildman–Crippen MR) is 123 cm³/mol. The van der Waals surface area contributed by atoms with Crippen LogP contribution in [0.1, 0.15) is 34.3 Å². The Balaban J connectivity index is 0.00000364. The van der Waals surface area contributed by atoms with Gasteiger partial charge in [0.1, 0.15) is 0 Å². The molecule has 2 aromatic rings. The van der Waals surface area contributed by atoms with Crippen molar-refractivity contribution in [3.8, 4) is 0 Å². The summed E-state index contributed by atoms with van der Waals surface area (Å²) in [5.41, 5.74) is 0.838. The Morgan fingerprint density at radius 3 is 2.70 bits per heavy atom. The summed E-state index contributed by atoms with van der Waals surface area (Å²) in [6.45, 7) is 6.60. The van der Waals surface area contributed by atoms with Crippen molar-refractivity contribution in [2.24, 2.45) is 4.99 Å². The average Bonchev–Trinajstić information content (AvgIpc) is 3.21. The molecule has 0 aliphatic rings. The van der Waals surface area contributed by atoms with Gasteiger partial charge in [0.25, 0.3) is 5.91 Å². The van der Waals surface area contributed by atoms with Gasteiger partial charge in [-0.3, -0.25) is 9.79 Å². The van der Waals surface area contributed by atoms with Crippen molar-refractivity contribution >= 4 is 58.8 Å². The van der Waals surface area contributed by atoms with Gasteiger partial charge >= 0.3 is 0 Å². The monoisotopic (exact) mass is 524 g/mol. The fourth-order valence-electron chi connectivity index (χ4n) is 2.37. The van der Waals surface area contributed by atoms with E-state index in [1.807, 2.05) is 33.0 Å². The van der Waals surface area contributed by atoms with E-state index in [9.17, 15) is 4.79 Å². The quantitative estimate of drug-likeness (QED) is 0.236. The van der Waals surface area contributed by atoms with Gasteiger partial charge in [0.15, 0.2) is 11.7 Å². The molecule has 2 rings (SSSR count). The van der Waals surface area contributed by atoms with E-state index in [2.05, 4.69) is 20.5 Å². The molecule has 0 saturated heterocycles. The number of thiophene rings is 1. The van der Waals surface area contributed by atoms with E-state index in [1.54, 1.807) is 17.4 Å². The van der Waals surface area contributed by atoms with E-state index in [0.717, 1.165) is 35.4 Å². The van der Waals surface area contributed by atoms with Gasteiger partial charge in [-0.1, -0.05) is 11.6 Å². The van der Waals surface area contributed by atoms with Crippen molar-refractivity contribution in [2.75, 3.05) is 26.7 Å². The third kappa shape index (κ3) is 7.71. The van der Waals surface area contributed by atoms with Crippen LogP contribution < -0.4 is 10.6 Å². The second kappa shape index (κ2) is 12.2. The van der Waals surface area contributed by atoms with Crippen molar-refractivity contribution < 1.29 is 9.21 Å². The van der Waals surface area contributed by atoms with E-state index >= 15 is 0 Å². The molecule has 6 nitrogen and oxygen atoms in total. The summed E-state index contributed by atoms with van der Waals surface area (Å²) in [4.78, 5) is 19.8. The lowest BCUT2D eigenvalue weighted by atomic mass is 10.2. The van der Waals surface area contributed by atoms with E-state index < -0.39 is 0 Å². The summed E-state index contributed by atoms with van der Waals surface area (Å²) in [6.07, 6.45) is 2.27. The van der Waals surface area contributed by atoms with Crippen molar-refractivity contribution in [3.63, 3.8) is 0 Å². The van der Waals surface area contributed by atoms with Crippen LogP contribution in [0.3, 0.4) is 0 Å². The lowest BCUT2D eigenvalue weighted by Crippen LogP contribution is -2.38. The number of carbonyl (C=O) groups is 1. The van der Waals surface area contributed by atoms with Crippen LogP contribution in [-0.2, 0) is 6.54 Å². The summed E-state index contributed by atoms with van der Waals surface area (Å²) >= 11 is 7.56. The fourth-order valence-corrected chi connectivity index (χ4v) is 3.51. The molecule has 0 spiro atoms. The minimum atomic E-state index is -0.185. The van der Waals surface area contributed by atoms with Gasteiger partial charge in [0.2, 0.25) is 0 Å². The molecule has 0 fully saturated rings. The van der Waals surface area contributed by atoms with Gasteiger partial charge in [0, 0.05) is 37.1 Å². The number of halogens is 2. The third-order valence-corrected chi connectivity index (χ3v) is 4.88. The van der Waals surface area contributed by atoms with E-state index in [-0.39, 0.29) is 29.9 Å². The van der Waals surface area contributed by atoms with Crippen LogP contribution in [0.5, 0.6) is 0 Å². The van der Waals surface area contributed by atoms with E-state index in [1.165, 1.54) is 11.1 Å². The second-order valence-electron chi connectivity index (χ2n) is 5.84. The minimum Gasteiger partial charge on any atom is -0.459 e. The summed E-state index contributed by atoms with van der Waals surface area (Å²) in [5, 5.41) is 6.14. The molecule has 0 aromatic carbocycles. The molecule has 0 unspecified atom stereocenters. The number of amides is 1. The Kier molecular flexibility index (Phi) is 10.8. The molecular weight excluding hydrogens is 499 g/mol. The largest absolute Gasteiger partial charge is 0.459 e. The molecule has 150 valence electrons. The Labute approximate surface area is 186 Å². The van der Waals surface area contributed by atoms with Gasteiger partial charge in [-0.25, -0.2) is 0 Å². The molecule has 0 atom stereocenters. The molecule has 0 aliphatic heterocycles. The Morgan fingerprint density at radius 1 is 1.33 bits per heavy atom. The van der Waals surface area contributed by atoms with Gasteiger partial charge in [0.05, 0.1) is 17.1 Å². The first-order valence-electron chi connectivity index (χ1n) is 8.57. The topological polar surface area (TPSA) is 69.9 Å². The Hall–Kier alpha value is -1.26. The van der Waals surface area contributed by atoms with Crippen molar-refractivity contribution in [1.29, 1.82) is 0 Å². The summed E-state index contributed by atoms with van der Waals surface area (Å²) < 4.78 is 5.97. The van der Waals surface area contributed by atoms with Crippen LogP contribution >= 0.6 is 46.9 Å². The van der Waals surface area contributed by atoms with Crippen LogP contribution in [0.25, 0.3) is 0 Å². The smallest absolute Gasteiger partial charge is 0.287 e. The van der Waals surface area contributed by atoms with E-state index in [0.29, 0.717) is 18.8 Å². The number of guanidine groups is 1. The number of carbonyl (C=O) groups excluding carboxylic acids is 1. The Bertz CT molecular complexity index is 747. The second-order valence-corrected chi connectivity index (χ2v) is 7.64. The van der Waals surface area contributed by atoms with Crippen LogP contribution in [0.4, 0.5) is 0 Å². The van der Waals surface area contributed by atoms with Crippen molar-refractivity contribution in [1.82, 2.24) is 15.5 Å². The maximum Gasteiger partial charge on any atom is 0.287 e. The number of nitrogens with zero attached hydrogens (tertiary/aromatic N) is 2. The lowest BCUT2D eigenvalue weighted by molar-refractivity contribution is 0.0925. The molecule has 1 amide bonds. The number of aryl methyl sites for hydroxylation is 1. The average molecular weight is 525 g/mol. The highest BCUT2D eigenvalue weighted by molar-refractivity contribution is 14.0. The van der Waals surface area contributed by atoms with Gasteiger partial charge in [-0.05, 0) is 38.5 Å². The molecule has 2 N–H and O–H groups in total. The molecule has 27 heavy (non-hydrogen) atoms. The number of hydrogen-bond acceptors (Lipinski definition) is 4. The molecule has 9 heteroatoms. The SMILES string of the molecule is CCNC(=NCCCNC(=O)c1occc1C)N(C)Cc1ccc(Cl)s1.I.